The molecule has 1 N–H and O–H groups in total. The van der Waals surface area contributed by atoms with Crippen LogP contribution in [0, 0.1) is 0 Å². The predicted octanol–water partition coefficient (Wildman–Crippen LogP) is 3.44. The number of fused-ring (bicyclic) bond motifs is 1. The van der Waals surface area contributed by atoms with Crippen LogP contribution in [-0.4, -0.2) is 11.1 Å². The van der Waals surface area contributed by atoms with Crippen molar-refractivity contribution in [2.24, 2.45) is 0 Å². The van der Waals surface area contributed by atoms with E-state index in [2.05, 4.69) is 0 Å². The molecule has 0 bridgehead atoms. The van der Waals surface area contributed by atoms with Gasteiger partial charge in [-0.25, -0.2) is 4.79 Å². The summed E-state index contributed by atoms with van der Waals surface area (Å²) in [6.45, 7) is 0. The molecule has 72 valence electrons. The molecule has 0 radical (unpaired) electrons. The molecule has 2 rings (SSSR count). The fraction of sp³-hybridized carbons (Fsp3) is 0. The van der Waals surface area contributed by atoms with Crippen LogP contribution in [0.15, 0.2) is 22.6 Å². The minimum atomic E-state index is -1.13. The molecular formula is C9H4Cl2O3. The third-order valence-electron chi connectivity index (χ3n) is 1.76. The summed E-state index contributed by atoms with van der Waals surface area (Å²) in [6.07, 6.45) is 0. The molecule has 0 unspecified atom stereocenters. The molecule has 0 spiro atoms. The van der Waals surface area contributed by atoms with Crippen molar-refractivity contribution < 1.29 is 14.3 Å². The molecular weight excluding hydrogens is 227 g/mol. The SMILES string of the molecule is O=C(O)c1cc2c(Cl)cc(Cl)cc2o1. The third kappa shape index (κ3) is 1.45. The highest BCUT2D eigenvalue weighted by Crippen LogP contribution is 2.30. The molecule has 0 saturated carbocycles. The van der Waals surface area contributed by atoms with Gasteiger partial charge in [0.25, 0.3) is 0 Å². The lowest BCUT2D eigenvalue weighted by molar-refractivity contribution is 0.0665. The molecule has 5 heteroatoms. The summed E-state index contributed by atoms with van der Waals surface area (Å²) in [7, 11) is 0. The van der Waals surface area contributed by atoms with Crippen LogP contribution in [0.1, 0.15) is 10.6 Å². The summed E-state index contributed by atoms with van der Waals surface area (Å²) in [5.74, 6) is -1.28. The molecule has 0 atom stereocenters. The second-order valence-corrected chi connectivity index (χ2v) is 3.56. The molecule has 0 aliphatic heterocycles. The highest BCUT2D eigenvalue weighted by Gasteiger charge is 2.12. The van der Waals surface area contributed by atoms with Crippen LogP contribution in [0.5, 0.6) is 0 Å². The highest BCUT2D eigenvalue weighted by molar-refractivity contribution is 6.38. The van der Waals surface area contributed by atoms with E-state index in [-0.39, 0.29) is 5.76 Å². The van der Waals surface area contributed by atoms with Crippen LogP contribution < -0.4 is 0 Å². The zero-order chi connectivity index (χ0) is 10.3. The molecule has 0 saturated heterocycles. The van der Waals surface area contributed by atoms with Gasteiger partial charge in [0.1, 0.15) is 5.58 Å². The van der Waals surface area contributed by atoms with Crippen LogP contribution in [-0.2, 0) is 0 Å². The largest absolute Gasteiger partial charge is 0.475 e. The first-order chi connectivity index (χ1) is 6.58. The van der Waals surface area contributed by atoms with E-state index in [4.69, 9.17) is 32.7 Å². The first-order valence-corrected chi connectivity index (χ1v) is 4.45. The standard InChI is InChI=1S/C9H4Cl2O3/c10-4-1-6(11)5-3-8(9(12)13)14-7(5)2-4/h1-3H,(H,12,13). The number of hydrogen-bond acceptors (Lipinski definition) is 2. The number of carboxylic acids is 1. The fourth-order valence-corrected chi connectivity index (χ4v) is 1.70. The Morgan fingerprint density at radius 2 is 2.00 bits per heavy atom. The topological polar surface area (TPSA) is 50.4 Å². The summed E-state index contributed by atoms with van der Waals surface area (Å²) in [6, 6.07) is 4.43. The van der Waals surface area contributed by atoms with E-state index >= 15 is 0 Å². The molecule has 1 aromatic heterocycles. The average molecular weight is 231 g/mol. The fourth-order valence-electron chi connectivity index (χ4n) is 1.17. The molecule has 1 heterocycles. The number of hydrogen-bond donors (Lipinski definition) is 1. The van der Waals surface area contributed by atoms with Crippen molar-refractivity contribution in [2.75, 3.05) is 0 Å². The van der Waals surface area contributed by atoms with Gasteiger partial charge in [0, 0.05) is 22.5 Å². The monoisotopic (exact) mass is 230 g/mol. The minimum Gasteiger partial charge on any atom is -0.475 e. The van der Waals surface area contributed by atoms with Crippen molar-refractivity contribution in [2.45, 2.75) is 0 Å². The lowest BCUT2D eigenvalue weighted by Gasteiger charge is -1.92. The second kappa shape index (κ2) is 3.19. The van der Waals surface area contributed by atoms with Crippen molar-refractivity contribution in [1.82, 2.24) is 0 Å². The van der Waals surface area contributed by atoms with Gasteiger partial charge in [0.05, 0.1) is 5.02 Å². The maximum Gasteiger partial charge on any atom is 0.371 e. The third-order valence-corrected chi connectivity index (χ3v) is 2.29. The Kier molecular flexibility index (Phi) is 2.13. The van der Waals surface area contributed by atoms with E-state index in [0.717, 1.165) is 0 Å². The summed E-state index contributed by atoms with van der Waals surface area (Å²) in [5, 5.41) is 10.0. The Morgan fingerprint density at radius 1 is 1.29 bits per heavy atom. The first kappa shape index (κ1) is 9.37. The zero-order valence-corrected chi connectivity index (χ0v) is 8.26. The van der Waals surface area contributed by atoms with E-state index in [1.807, 2.05) is 0 Å². The van der Waals surface area contributed by atoms with E-state index in [9.17, 15) is 4.79 Å². The van der Waals surface area contributed by atoms with Gasteiger partial charge in [-0.2, -0.15) is 0 Å². The van der Waals surface area contributed by atoms with Crippen LogP contribution in [0.3, 0.4) is 0 Å². The average Bonchev–Trinajstić information content (AvgIpc) is 2.47. The van der Waals surface area contributed by atoms with Crippen molar-refractivity contribution in [3.05, 3.63) is 34.0 Å². The van der Waals surface area contributed by atoms with Gasteiger partial charge in [-0.15, -0.1) is 0 Å². The second-order valence-electron chi connectivity index (χ2n) is 2.72. The number of rotatable bonds is 1. The Bertz CT molecular complexity index is 516. The Labute approximate surface area is 88.8 Å². The van der Waals surface area contributed by atoms with Gasteiger partial charge in [-0.3, -0.25) is 0 Å². The van der Waals surface area contributed by atoms with E-state index in [1.165, 1.54) is 18.2 Å². The van der Waals surface area contributed by atoms with Gasteiger partial charge in [-0.1, -0.05) is 23.2 Å². The van der Waals surface area contributed by atoms with Gasteiger partial charge < -0.3 is 9.52 Å². The maximum absolute atomic E-state index is 10.6. The summed E-state index contributed by atoms with van der Waals surface area (Å²) in [5.41, 5.74) is 0.375. The summed E-state index contributed by atoms with van der Waals surface area (Å²) >= 11 is 11.6. The Balaban J connectivity index is 2.76. The first-order valence-electron chi connectivity index (χ1n) is 3.70. The molecule has 2 aromatic rings. The highest BCUT2D eigenvalue weighted by atomic mass is 35.5. The van der Waals surface area contributed by atoms with E-state index < -0.39 is 5.97 Å². The van der Waals surface area contributed by atoms with Crippen LogP contribution in [0.25, 0.3) is 11.0 Å². The van der Waals surface area contributed by atoms with E-state index in [0.29, 0.717) is 21.0 Å². The van der Waals surface area contributed by atoms with Gasteiger partial charge >= 0.3 is 5.97 Å². The molecule has 3 nitrogen and oxygen atoms in total. The Hall–Kier alpha value is -1.19. The van der Waals surface area contributed by atoms with Gasteiger partial charge in [0.15, 0.2) is 0 Å². The maximum atomic E-state index is 10.6. The molecule has 0 amide bonds. The van der Waals surface area contributed by atoms with Crippen molar-refractivity contribution in [3.63, 3.8) is 0 Å². The van der Waals surface area contributed by atoms with Crippen molar-refractivity contribution in [1.29, 1.82) is 0 Å². The van der Waals surface area contributed by atoms with Crippen LogP contribution in [0.2, 0.25) is 10.0 Å². The zero-order valence-electron chi connectivity index (χ0n) is 6.75. The van der Waals surface area contributed by atoms with Crippen LogP contribution in [0.4, 0.5) is 0 Å². The molecule has 0 aliphatic rings. The molecule has 1 aromatic carbocycles. The smallest absolute Gasteiger partial charge is 0.371 e. The van der Waals surface area contributed by atoms with Crippen molar-refractivity contribution >= 4 is 40.1 Å². The predicted molar refractivity (Wildman–Crippen MR) is 53.2 cm³/mol. The summed E-state index contributed by atoms with van der Waals surface area (Å²) < 4.78 is 5.02. The normalized spacial score (nSPS) is 10.7. The molecule has 14 heavy (non-hydrogen) atoms. The minimum absolute atomic E-state index is 0.149. The van der Waals surface area contributed by atoms with Crippen LogP contribution >= 0.6 is 23.2 Å². The lowest BCUT2D eigenvalue weighted by atomic mass is 10.2. The number of carboxylic acid groups (broad SMARTS) is 1. The summed E-state index contributed by atoms with van der Waals surface area (Å²) in [4.78, 5) is 10.6. The van der Waals surface area contributed by atoms with E-state index in [1.54, 1.807) is 0 Å². The lowest BCUT2D eigenvalue weighted by Crippen LogP contribution is -1.91. The number of aromatic carboxylic acids is 1. The number of furan rings is 1. The molecule has 0 fully saturated rings. The van der Waals surface area contributed by atoms with Crippen molar-refractivity contribution in [3.8, 4) is 0 Å². The number of benzene rings is 1. The van der Waals surface area contributed by atoms with Gasteiger partial charge in [-0.05, 0) is 6.07 Å². The van der Waals surface area contributed by atoms with Gasteiger partial charge in [0.2, 0.25) is 5.76 Å². The Morgan fingerprint density at radius 3 is 2.64 bits per heavy atom. The quantitative estimate of drug-likeness (QED) is 0.817. The number of halogens is 2. The number of carbonyl (C=O) groups is 1. The molecule has 0 aliphatic carbocycles.